The number of hydrogen-bond donors (Lipinski definition) is 2. The fourth-order valence-electron chi connectivity index (χ4n) is 1.97. The van der Waals surface area contributed by atoms with Crippen LogP contribution in [-0.2, 0) is 4.74 Å². The normalized spacial score (nSPS) is 22.4. The Labute approximate surface area is 105 Å². The van der Waals surface area contributed by atoms with Crippen LogP contribution < -0.4 is 10.6 Å². The van der Waals surface area contributed by atoms with Gasteiger partial charge in [0.1, 0.15) is 0 Å². The van der Waals surface area contributed by atoms with E-state index in [4.69, 9.17) is 4.74 Å². The number of aliphatic imine (C=N–C) groups is 1. The van der Waals surface area contributed by atoms with Crippen LogP contribution >= 0.6 is 0 Å². The van der Waals surface area contributed by atoms with E-state index < -0.39 is 0 Å². The van der Waals surface area contributed by atoms with E-state index in [1.54, 1.807) is 7.05 Å². The predicted molar refractivity (Wildman–Crippen MR) is 72.3 cm³/mol. The second-order valence-corrected chi connectivity index (χ2v) is 4.52. The van der Waals surface area contributed by atoms with E-state index in [1.807, 2.05) is 20.9 Å². The van der Waals surface area contributed by atoms with Gasteiger partial charge in [-0.05, 0) is 45.7 Å². The summed E-state index contributed by atoms with van der Waals surface area (Å²) >= 11 is 0. The highest BCUT2D eigenvalue weighted by Crippen LogP contribution is 2.13. The summed E-state index contributed by atoms with van der Waals surface area (Å²) in [7, 11) is 3.69. The van der Waals surface area contributed by atoms with Gasteiger partial charge in [-0.15, -0.1) is 0 Å². The fourth-order valence-corrected chi connectivity index (χ4v) is 1.97. The predicted octanol–water partition coefficient (Wildman–Crippen LogP) is 1.54. The lowest BCUT2D eigenvalue weighted by Gasteiger charge is -2.13. The molecule has 98 valence electrons. The number of allylic oxidation sites excluding steroid dienone is 1. The zero-order valence-corrected chi connectivity index (χ0v) is 11.5. The average molecular weight is 239 g/mol. The summed E-state index contributed by atoms with van der Waals surface area (Å²) in [5, 5.41) is 6.49. The Morgan fingerprint density at radius 3 is 2.76 bits per heavy atom. The van der Waals surface area contributed by atoms with Crippen molar-refractivity contribution in [2.75, 3.05) is 33.8 Å². The van der Waals surface area contributed by atoms with Crippen molar-refractivity contribution in [1.29, 1.82) is 0 Å². The molecule has 0 aliphatic carbocycles. The molecule has 17 heavy (non-hydrogen) atoms. The first-order valence-corrected chi connectivity index (χ1v) is 6.35. The highest BCUT2D eigenvalue weighted by molar-refractivity contribution is 5.93. The molecule has 2 N–H and O–H groups in total. The Bertz CT molecular complexity index is 291. The van der Waals surface area contributed by atoms with Crippen molar-refractivity contribution in [1.82, 2.24) is 10.6 Å². The molecule has 0 aromatic heterocycles. The molecule has 1 atom stereocenters. The zero-order chi connectivity index (χ0) is 12.7. The molecule has 4 nitrogen and oxygen atoms in total. The smallest absolute Gasteiger partial charge is 0.213 e. The maximum Gasteiger partial charge on any atom is 0.213 e. The van der Waals surface area contributed by atoms with Crippen molar-refractivity contribution in [3.63, 3.8) is 0 Å². The highest BCUT2D eigenvalue weighted by atomic mass is 16.5. The Morgan fingerprint density at radius 2 is 2.24 bits per heavy atom. The Morgan fingerprint density at radius 1 is 1.47 bits per heavy atom. The van der Waals surface area contributed by atoms with Crippen LogP contribution in [0.4, 0.5) is 0 Å². The third-order valence-corrected chi connectivity index (χ3v) is 3.39. The number of hydrogen-bond acceptors (Lipinski definition) is 4. The van der Waals surface area contributed by atoms with Gasteiger partial charge in [0, 0.05) is 25.4 Å². The van der Waals surface area contributed by atoms with Gasteiger partial charge >= 0.3 is 0 Å². The summed E-state index contributed by atoms with van der Waals surface area (Å²) in [6, 6.07) is 0. The second-order valence-electron chi connectivity index (χ2n) is 4.52. The van der Waals surface area contributed by atoms with Crippen LogP contribution in [0, 0.1) is 5.92 Å². The fraction of sp³-hybridized carbons (Fsp3) is 0.769. The molecule has 0 saturated carbocycles. The van der Waals surface area contributed by atoms with Crippen molar-refractivity contribution >= 4 is 5.90 Å². The molecule has 1 unspecified atom stereocenters. The molecule has 0 radical (unpaired) electrons. The minimum Gasteiger partial charge on any atom is -0.478 e. The molecule has 0 aromatic rings. The van der Waals surface area contributed by atoms with Crippen LogP contribution in [0.5, 0.6) is 0 Å². The van der Waals surface area contributed by atoms with Crippen molar-refractivity contribution in [2.24, 2.45) is 10.9 Å². The van der Waals surface area contributed by atoms with Crippen LogP contribution in [0.1, 0.15) is 26.7 Å². The van der Waals surface area contributed by atoms with E-state index in [9.17, 15) is 0 Å². The molecule has 1 aliphatic rings. The largest absolute Gasteiger partial charge is 0.478 e. The van der Waals surface area contributed by atoms with E-state index in [-0.39, 0.29) is 0 Å². The number of rotatable bonds is 5. The van der Waals surface area contributed by atoms with E-state index in [2.05, 4.69) is 15.6 Å². The van der Waals surface area contributed by atoms with Crippen molar-refractivity contribution in [2.45, 2.75) is 26.7 Å². The van der Waals surface area contributed by atoms with Gasteiger partial charge in [-0.2, -0.15) is 0 Å². The Kier molecular flexibility index (Phi) is 6.05. The van der Waals surface area contributed by atoms with Crippen molar-refractivity contribution in [3.8, 4) is 0 Å². The van der Waals surface area contributed by atoms with E-state index in [1.165, 1.54) is 6.42 Å². The summed E-state index contributed by atoms with van der Waals surface area (Å²) in [5.41, 5.74) is 2.19. The number of nitrogens with zero attached hydrogens (tertiary/aromatic N) is 1. The minimum atomic E-state index is 0.753. The highest BCUT2D eigenvalue weighted by Gasteiger charge is 2.14. The molecule has 0 bridgehead atoms. The minimum absolute atomic E-state index is 0.753. The second kappa shape index (κ2) is 7.33. The molecular weight excluding hydrogens is 214 g/mol. The molecule has 0 amide bonds. The van der Waals surface area contributed by atoms with Crippen LogP contribution in [0.25, 0.3) is 0 Å². The van der Waals surface area contributed by atoms with Gasteiger partial charge in [0.2, 0.25) is 5.90 Å². The van der Waals surface area contributed by atoms with Gasteiger partial charge < -0.3 is 15.4 Å². The van der Waals surface area contributed by atoms with Crippen LogP contribution in [0.2, 0.25) is 0 Å². The van der Waals surface area contributed by atoms with Crippen LogP contribution in [0.15, 0.2) is 16.3 Å². The lowest BCUT2D eigenvalue weighted by atomic mass is 10.1. The van der Waals surface area contributed by atoms with Crippen molar-refractivity contribution in [3.05, 3.63) is 11.3 Å². The zero-order valence-electron chi connectivity index (χ0n) is 11.5. The van der Waals surface area contributed by atoms with E-state index >= 15 is 0 Å². The quantitative estimate of drug-likeness (QED) is 0.565. The molecule has 1 aliphatic heterocycles. The average Bonchev–Trinajstić information content (AvgIpc) is 2.86. The molecule has 1 heterocycles. The van der Waals surface area contributed by atoms with Crippen molar-refractivity contribution < 1.29 is 4.74 Å². The van der Waals surface area contributed by atoms with Gasteiger partial charge in [0.25, 0.3) is 0 Å². The molecular formula is C13H25N3O. The molecule has 1 rings (SSSR count). The first-order chi connectivity index (χ1) is 8.19. The molecule has 1 saturated heterocycles. The van der Waals surface area contributed by atoms with Gasteiger partial charge in [0.05, 0.1) is 6.61 Å². The first-order valence-electron chi connectivity index (χ1n) is 6.35. The monoisotopic (exact) mass is 239 g/mol. The Hall–Kier alpha value is -1.03. The summed E-state index contributed by atoms with van der Waals surface area (Å²) in [6.45, 7) is 7.10. The molecule has 0 spiro atoms. The van der Waals surface area contributed by atoms with Gasteiger partial charge in [-0.3, -0.25) is 4.99 Å². The van der Waals surface area contributed by atoms with Crippen LogP contribution in [0.3, 0.4) is 0 Å². The summed E-state index contributed by atoms with van der Waals surface area (Å²) in [4.78, 5) is 4.20. The lowest BCUT2D eigenvalue weighted by Crippen LogP contribution is -2.16. The lowest BCUT2D eigenvalue weighted by molar-refractivity contribution is 0.271. The first kappa shape index (κ1) is 14.0. The SMILES string of the molecule is CN=C(OCCC1CCNC1)/C(C)=C(\C)NC. The van der Waals surface area contributed by atoms with E-state index in [0.29, 0.717) is 0 Å². The maximum atomic E-state index is 5.76. The molecule has 0 aromatic carbocycles. The van der Waals surface area contributed by atoms with Gasteiger partial charge in [-0.25, -0.2) is 0 Å². The van der Waals surface area contributed by atoms with Crippen LogP contribution in [-0.4, -0.2) is 39.7 Å². The standard InChI is InChI=1S/C13H25N3O/c1-10(11(2)14-3)13(15-4)17-8-6-12-5-7-16-9-12/h12,14,16H,5-9H2,1-4H3/b11-10+,15-13?. The topological polar surface area (TPSA) is 45.6 Å². The number of nitrogens with one attached hydrogen (secondary N) is 2. The summed E-state index contributed by atoms with van der Waals surface area (Å²) in [5.74, 6) is 1.52. The third-order valence-electron chi connectivity index (χ3n) is 3.39. The van der Waals surface area contributed by atoms with E-state index in [0.717, 1.165) is 49.2 Å². The third kappa shape index (κ3) is 4.38. The maximum absolute atomic E-state index is 5.76. The van der Waals surface area contributed by atoms with Gasteiger partial charge in [-0.1, -0.05) is 0 Å². The Balaban J connectivity index is 2.37. The summed E-state index contributed by atoms with van der Waals surface area (Å²) in [6.07, 6.45) is 2.38. The number of ether oxygens (including phenoxy) is 1. The molecule has 1 fully saturated rings. The van der Waals surface area contributed by atoms with Gasteiger partial charge in [0.15, 0.2) is 0 Å². The summed E-state index contributed by atoms with van der Waals surface area (Å²) < 4.78 is 5.76. The molecule has 4 heteroatoms.